The van der Waals surface area contributed by atoms with Crippen molar-refractivity contribution < 1.29 is 0 Å². The smallest absolute Gasteiger partial charge is 0.0233 e. The predicted octanol–water partition coefficient (Wildman–Crippen LogP) is 2.10. The van der Waals surface area contributed by atoms with E-state index in [1.54, 1.807) is 0 Å². The molecular weight excluding hydrogens is 172 g/mol. The van der Waals surface area contributed by atoms with Gasteiger partial charge >= 0.3 is 0 Å². The molecule has 1 rings (SSSR count). The summed E-state index contributed by atoms with van der Waals surface area (Å²) in [5.74, 6) is 0.760. The Hall–Kier alpha value is -0.0800. The van der Waals surface area contributed by atoms with Crippen molar-refractivity contribution in [2.24, 2.45) is 5.92 Å². The second kappa shape index (κ2) is 5.13. The number of hydrogen-bond acceptors (Lipinski definition) is 2. The van der Waals surface area contributed by atoms with Crippen LogP contribution in [-0.2, 0) is 0 Å². The fourth-order valence-electron chi connectivity index (χ4n) is 2.35. The molecule has 1 aliphatic heterocycles. The number of nitrogens with zero attached hydrogens (tertiary/aromatic N) is 1. The Morgan fingerprint density at radius 1 is 1.29 bits per heavy atom. The minimum Gasteiger partial charge on any atom is -0.312 e. The average Bonchev–Trinajstić information content (AvgIpc) is 2.43. The molecule has 2 heteroatoms. The Balaban J connectivity index is 2.35. The molecule has 84 valence electrons. The summed E-state index contributed by atoms with van der Waals surface area (Å²) in [6.07, 6.45) is 1.31. The van der Waals surface area contributed by atoms with Crippen molar-refractivity contribution in [3.8, 4) is 0 Å². The molecule has 0 saturated carbocycles. The van der Waals surface area contributed by atoms with Crippen molar-refractivity contribution in [2.45, 2.75) is 59.2 Å². The summed E-state index contributed by atoms with van der Waals surface area (Å²) < 4.78 is 0. The summed E-state index contributed by atoms with van der Waals surface area (Å²) in [4.78, 5) is 2.60. The van der Waals surface area contributed by atoms with Crippen LogP contribution in [0.2, 0.25) is 0 Å². The maximum absolute atomic E-state index is 3.67. The first kappa shape index (κ1) is 12.0. The number of nitrogens with one attached hydrogen (secondary N) is 1. The molecule has 1 fully saturated rings. The highest BCUT2D eigenvalue weighted by molar-refractivity contribution is 4.90. The first-order valence-corrected chi connectivity index (χ1v) is 6.01. The average molecular weight is 198 g/mol. The molecule has 0 amide bonds. The van der Waals surface area contributed by atoms with E-state index in [0.29, 0.717) is 18.1 Å². The Bertz CT molecular complexity index is 166. The molecule has 1 heterocycles. The molecule has 2 unspecified atom stereocenters. The van der Waals surface area contributed by atoms with Gasteiger partial charge in [0.05, 0.1) is 0 Å². The molecule has 14 heavy (non-hydrogen) atoms. The zero-order chi connectivity index (χ0) is 10.7. The maximum atomic E-state index is 3.67. The van der Waals surface area contributed by atoms with Gasteiger partial charge < -0.3 is 5.32 Å². The molecule has 0 spiro atoms. The third-order valence-corrected chi connectivity index (χ3v) is 3.26. The number of rotatable bonds is 4. The molecule has 0 aromatic carbocycles. The largest absolute Gasteiger partial charge is 0.312 e. The summed E-state index contributed by atoms with van der Waals surface area (Å²) in [5.41, 5.74) is 0. The van der Waals surface area contributed by atoms with Crippen molar-refractivity contribution in [3.63, 3.8) is 0 Å². The van der Waals surface area contributed by atoms with Gasteiger partial charge in [-0.05, 0) is 39.7 Å². The minimum absolute atomic E-state index is 0.691. The highest BCUT2D eigenvalue weighted by atomic mass is 15.2. The van der Waals surface area contributed by atoms with E-state index in [1.165, 1.54) is 13.0 Å². The van der Waals surface area contributed by atoms with Crippen LogP contribution in [0.4, 0.5) is 0 Å². The lowest BCUT2D eigenvalue weighted by molar-refractivity contribution is 0.201. The highest BCUT2D eigenvalue weighted by Crippen LogP contribution is 2.20. The van der Waals surface area contributed by atoms with Crippen LogP contribution in [0.25, 0.3) is 0 Å². The van der Waals surface area contributed by atoms with Crippen molar-refractivity contribution in [2.75, 3.05) is 13.1 Å². The van der Waals surface area contributed by atoms with Crippen LogP contribution in [-0.4, -0.2) is 36.1 Å². The summed E-state index contributed by atoms with van der Waals surface area (Å²) in [7, 11) is 0. The molecule has 2 atom stereocenters. The van der Waals surface area contributed by atoms with E-state index >= 15 is 0 Å². The first-order chi connectivity index (χ1) is 6.52. The van der Waals surface area contributed by atoms with Gasteiger partial charge in [-0.3, -0.25) is 4.90 Å². The van der Waals surface area contributed by atoms with Gasteiger partial charge in [-0.15, -0.1) is 0 Å². The zero-order valence-electron chi connectivity index (χ0n) is 10.4. The van der Waals surface area contributed by atoms with E-state index in [2.05, 4.69) is 44.8 Å². The second-order valence-corrected chi connectivity index (χ2v) is 5.27. The Morgan fingerprint density at radius 2 is 1.93 bits per heavy atom. The lowest BCUT2D eigenvalue weighted by atomic mass is 10.1. The molecule has 0 aromatic heterocycles. The lowest BCUT2D eigenvalue weighted by Gasteiger charge is -2.28. The molecule has 0 radical (unpaired) electrons. The molecule has 1 aliphatic rings. The van der Waals surface area contributed by atoms with E-state index in [-0.39, 0.29) is 0 Å². The first-order valence-electron chi connectivity index (χ1n) is 6.01. The van der Waals surface area contributed by atoms with Gasteiger partial charge in [0.2, 0.25) is 0 Å². The van der Waals surface area contributed by atoms with Crippen molar-refractivity contribution >= 4 is 0 Å². The fourth-order valence-corrected chi connectivity index (χ4v) is 2.35. The SMILES string of the molecule is CC(C)CNC1CCN(C(C)C)C1C. The monoisotopic (exact) mass is 198 g/mol. The van der Waals surface area contributed by atoms with Crippen LogP contribution in [0.15, 0.2) is 0 Å². The van der Waals surface area contributed by atoms with Crippen LogP contribution in [0.1, 0.15) is 41.0 Å². The van der Waals surface area contributed by atoms with Gasteiger partial charge in [0.15, 0.2) is 0 Å². The van der Waals surface area contributed by atoms with Crippen LogP contribution in [0, 0.1) is 5.92 Å². The minimum atomic E-state index is 0.691. The topological polar surface area (TPSA) is 15.3 Å². The molecule has 0 bridgehead atoms. The standard InChI is InChI=1S/C12H26N2/c1-9(2)8-13-12-6-7-14(10(3)4)11(12)5/h9-13H,6-8H2,1-5H3. The molecule has 1 saturated heterocycles. The van der Waals surface area contributed by atoms with Crippen LogP contribution in [0.3, 0.4) is 0 Å². The van der Waals surface area contributed by atoms with Gasteiger partial charge in [-0.25, -0.2) is 0 Å². The van der Waals surface area contributed by atoms with Crippen molar-refractivity contribution in [3.05, 3.63) is 0 Å². The third-order valence-electron chi connectivity index (χ3n) is 3.26. The molecule has 2 nitrogen and oxygen atoms in total. The van der Waals surface area contributed by atoms with Gasteiger partial charge in [0, 0.05) is 24.7 Å². The molecule has 1 N–H and O–H groups in total. The lowest BCUT2D eigenvalue weighted by Crippen LogP contribution is -2.43. The molecule has 0 aromatic rings. The summed E-state index contributed by atoms with van der Waals surface area (Å²) in [5, 5.41) is 3.67. The normalized spacial score (nSPS) is 29.4. The maximum Gasteiger partial charge on any atom is 0.0233 e. The van der Waals surface area contributed by atoms with Gasteiger partial charge in [0.25, 0.3) is 0 Å². The van der Waals surface area contributed by atoms with Crippen LogP contribution in [0.5, 0.6) is 0 Å². The quantitative estimate of drug-likeness (QED) is 0.744. The van der Waals surface area contributed by atoms with Crippen molar-refractivity contribution in [1.29, 1.82) is 0 Å². The summed E-state index contributed by atoms with van der Waals surface area (Å²) in [6.45, 7) is 13.9. The van der Waals surface area contributed by atoms with Crippen molar-refractivity contribution in [1.82, 2.24) is 10.2 Å². The number of hydrogen-bond donors (Lipinski definition) is 1. The Labute approximate surface area is 89.1 Å². The molecule has 0 aliphatic carbocycles. The molecular formula is C12H26N2. The van der Waals surface area contributed by atoms with Gasteiger partial charge in [0.1, 0.15) is 0 Å². The van der Waals surface area contributed by atoms with Crippen LogP contribution >= 0.6 is 0 Å². The van der Waals surface area contributed by atoms with E-state index in [1.807, 2.05) is 0 Å². The summed E-state index contributed by atoms with van der Waals surface area (Å²) in [6, 6.07) is 2.10. The third kappa shape index (κ3) is 2.96. The second-order valence-electron chi connectivity index (χ2n) is 5.27. The van der Waals surface area contributed by atoms with E-state index in [4.69, 9.17) is 0 Å². The van der Waals surface area contributed by atoms with Crippen LogP contribution < -0.4 is 5.32 Å². The van der Waals surface area contributed by atoms with E-state index in [9.17, 15) is 0 Å². The van der Waals surface area contributed by atoms with E-state index < -0.39 is 0 Å². The fraction of sp³-hybridized carbons (Fsp3) is 1.00. The van der Waals surface area contributed by atoms with Gasteiger partial charge in [-0.2, -0.15) is 0 Å². The zero-order valence-corrected chi connectivity index (χ0v) is 10.4. The highest BCUT2D eigenvalue weighted by Gasteiger charge is 2.31. The Kier molecular flexibility index (Phi) is 4.39. The van der Waals surface area contributed by atoms with E-state index in [0.717, 1.165) is 12.5 Å². The number of likely N-dealkylation sites (tertiary alicyclic amines) is 1. The van der Waals surface area contributed by atoms with Gasteiger partial charge in [-0.1, -0.05) is 13.8 Å². The predicted molar refractivity (Wildman–Crippen MR) is 62.5 cm³/mol. The summed E-state index contributed by atoms with van der Waals surface area (Å²) >= 11 is 0. The Morgan fingerprint density at radius 3 is 2.36 bits per heavy atom.